The number of carbonyl (C=O) groups is 1. The summed E-state index contributed by atoms with van der Waals surface area (Å²) in [5, 5.41) is 7.39. The van der Waals surface area contributed by atoms with Gasteiger partial charge in [0.2, 0.25) is 0 Å². The van der Waals surface area contributed by atoms with E-state index >= 15 is 0 Å². The number of rotatable bonds is 7. The van der Waals surface area contributed by atoms with Gasteiger partial charge in [0.15, 0.2) is 0 Å². The molecule has 0 aromatic heterocycles. The Bertz CT molecular complexity index is 664. The molecule has 0 amide bonds. The summed E-state index contributed by atoms with van der Waals surface area (Å²) in [4.78, 5) is 11.0. The monoisotopic (exact) mass is 312 g/mol. The number of nitrogens with one attached hydrogen (secondary N) is 1. The molecule has 0 aliphatic carbocycles. The molecule has 0 aliphatic rings. The fraction of sp³-hybridized carbons (Fsp3) is 0.222. The van der Waals surface area contributed by atoms with Crippen LogP contribution in [0.2, 0.25) is 0 Å². The van der Waals surface area contributed by atoms with Crippen LogP contribution in [0.15, 0.2) is 48.5 Å². The van der Waals surface area contributed by atoms with E-state index in [0.717, 1.165) is 16.9 Å². The number of hydrogen-bond acceptors (Lipinski definition) is 4. The zero-order valence-electron chi connectivity index (χ0n) is 13.0. The van der Waals surface area contributed by atoms with Crippen molar-refractivity contribution < 1.29 is 14.3 Å². The largest absolute Gasteiger partial charge is 0.494 e. The molecule has 2 rings (SSSR count). The molecule has 0 saturated carbocycles. The standard InChI is InChI=1S/C18H20N2O3/c1-22-17(21)3-2-12-23-16-10-8-14(9-11-16)13-4-6-15(7-5-13)18(19)20/h4-11H,2-3,12H2,1H3,(H3,19,20). The molecule has 5 heteroatoms. The van der Waals surface area contributed by atoms with Gasteiger partial charge in [-0.25, -0.2) is 0 Å². The van der Waals surface area contributed by atoms with Gasteiger partial charge in [-0.3, -0.25) is 10.2 Å². The molecule has 2 aromatic rings. The van der Waals surface area contributed by atoms with Crippen molar-refractivity contribution in [2.45, 2.75) is 12.8 Å². The highest BCUT2D eigenvalue weighted by Gasteiger charge is 2.02. The molecule has 0 atom stereocenters. The highest BCUT2D eigenvalue weighted by molar-refractivity contribution is 5.95. The van der Waals surface area contributed by atoms with Crippen LogP contribution in [0, 0.1) is 5.41 Å². The minimum atomic E-state index is -0.224. The van der Waals surface area contributed by atoms with Crippen LogP contribution in [0.1, 0.15) is 18.4 Å². The predicted molar refractivity (Wildman–Crippen MR) is 89.6 cm³/mol. The first kappa shape index (κ1) is 16.5. The molecule has 0 bridgehead atoms. The van der Waals surface area contributed by atoms with Crippen LogP contribution in [0.25, 0.3) is 11.1 Å². The molecule has 0 saturated heterocycles. The lowest BCUT2D eigenvalue weighted by Crippen LogP contribution is -2.10. The lowest BCUT2D eigenvalue weighted by atomic mass is 10.0. The topological polar surface area (TPSA) is 85.4 Å². The number of benzene rings is 2. The van der Waals surface area contributed by atoms with E-state index in [4.69, 9.17) is 15.9 Å². The number of nitrogen functional groups attached to an aromatic ring is 1. The normalized spacial score (nSPS) is 10.1. The number of amidine groups is 1. The number of nitrogens with two attached hydrogens (primary N) is 1. The molecule has 0 aliphatic heterocycles. The molecular formula is C18H20N2O3. The summed E-state index contributed by atoms with van der Waals surface area (Å²) in [5.74, 6) is 0.601. The minimum Gasteiger partial charge on any atom is -0.494 e. The summed E-state index contributed by atoms with van der Waals surface area (Å²) in [5.41, 5.74) is 8.26. The lowest BCUT2D eigenvalue weighted by Gasteiger charge is -2.08. The van der Waals surface area contributed by atoms with Crippen molar-refractivity contribution in [1.82, 2.24) is 0 Å². The Balaban J connectivity index is 1.91. The van der Waals surface area contributed by atoms with Gasteiger partial charge in [-0.1, -0.05) is 36.4 Å². The Labute approximate surface area is 135 Å². The highest BCUT2D eigenvalue weighted by atomic mass is 16.5. The van der Waals surface area contributed by atoms with Gasteiger partial charge in [0, 0.05) is 12.0 Å². The van der Waals surface area contributed by atoms with Crippen LogP contribution >= 0.6 is 0 Å². The number of carbonyl (C=O) groups excluding carboxylic acids is 1. The quantitative estimate of drug-likeness (QED) is 0.356. The van der Waals surface area contributed by atoms with E-state index in [1.165, 1.54) is 7.11 Å². The average molecular weight is 312 g/mol. The van der Waals surface area contributed by atoms with Crippen LogP contribution in [0.5, 0.6) is 5.75 Å². The van der Waals surface area contributed by atoms with Gasteiger partial charge in [-0.15, -0.1) is 0 Å². The van der Waals surface area contributed by atoms with Crippen LogP contribution in [0.4, 0.5) is 0 Å². The van der Waals surface area contributed by atoms with Crippen molar-refractivity contribution in [2.24, 2.45) is 5.73 Å². The van der Waals surface area contributed by atoms with Crippen molar-refractivity contribution in [2.75, 3.05) is 13.7 Å². The van der Waals surface area contributed by atoms with E-state index in [0.29, 0.717) is 25.0 Å². The third-order valence-electron chi connectivity index (χ3n) is 3.41. The van der Waals surface area contributed by atoms with Crippen molar-refractivity contribution in [3.8, 4) is 16.9 Å². The van der Waals surface area contributed by atoms with Gasteiger partial charge in [0.1, 0.15) is 11.6 Å². The van der Waals surface area contributed by atoms with E-state index in [9.17, 15) is 4.79 Å². The Morgan fingerprint density at radius 1 is 1.04 bits per heavy atom. The van der Waals surface area contributed by atoms with Crippen LogP contribution in [0.3, 0.4) is 0 Å². The smallest absolute Gasteiger partial charge is 0.305 e. The van der Waals surface area contributed by atoms with Crippen molar-refractivity contribution in [3.05, 3.63) is 54.1 Å². The lowest BCUT2D eigenvalue weighted by molar-refractivity contribution is -0.140. The van der Waals surface area contributed by atoms with Gasteiger partial charge in [0.05, 0.1) is 13.7 Å². The molecular weight excluding hydrogens is 292 g/mol. The first-order valence-electron chi connectivity index (χ1n) is 7.34. The Hall–Kier alpha value is -2.82. The molecule has 120 valence electrons. The van der Waals surface area contributed by atoms with Crippen molar-refractivity contribution >= 4 is 11.8 Å². The summed E-state index contributed by atoms with van der Waals surface area (Å²) >= 11 is 0. The first-order chi connectivity index (χ1) is 11.1. The molecule has 3 N–H and O–H groups in total. The van der Waals surface area contributed by atoms with Gasteiger partial charge in [-0.2, -0.15) is 0 Å². The molecule has 0 spiro atoms. The Kier molecular flexibility index (Phi) is 5.74. The van der Waals surface area contributed by atoms with Crippen LogP contribution < -0.4 is 10.5 Å². The fourth-order valence-corrected chi connectivity index (χ4v) is 2.09. The molecule has 0 fully saturated rings. The molecule has 0 radical (unpaired) electrons. The Morgan fingerprint density at radius 2 is 1.61 bits per heavy atom. The van der Waals surface area contributed by atoms with E-state index in [1.807, 2.05) is 48.5 Å². The van der Waals surface area contributed by atoms with E-state index in [1.54, 1.807) is 0 Å². The van der Waals surface area contributed by atoms with E-state index in [-0.39, 0.29) is 11.8 Å². The minimum absolute atomic E-state index is 0.0623. The highest BCUT2D eigenvalue weighted by Crippen LogP contribution is 2.23. The molecule has 0 heterocycles. The number of ether oxygens (including phenoxy) is 2. The van der Waals surface area contributed by atoms with Crippen molar-refractivity contribution in [3.63, 3.8) is 0 Å². The summed E-state index contributed by atoms with van der Waals surface area (Å²) < 4.78 is 10.2. The van der Waals surface area contributed by atoms with Gasteiger partial charge < -0.3 is 15.2 Å². The maximum absolute atomic E-state index is 11.0. The number of methoxy groups -OCH3 is 1. The predicted octanol–water partition coefficient (Wildman–Crippen LogP) is 2.97. The number of hydrogen-bond donors (Lipinski definition) is 2. The van der Waals surface area contributed by atoms with Crippen LogP contribution in [-0.4, -0.2) is 25.5 Å². The molecule has 2 aromatic carbocycles. The third-order valence-corrected chi connectivity index (χ3v) is 3.41. The van der Waals surface area contributed by atoms with Gasteiger partial charge in [0.25, 0.3) is 0 Å². The van der Waals surface area contributed by atoms with Gasteiger partial charge in [-0.05, 0) is 29.7 Å². The summed E-state index contributed by atoms with van der Waals surface area (Å²) in [6.45, 7) is 0.474. The SMILES string of the molecule is COC(=O)CCCOc1ccc(-c2ccc(C(=N)N)cc2)cc1. The third kappa shape index (κ3) is 4.85. The van der Waals surface area contributed by atoms with E-state index < -0.39 is 0 Å². The average Bonchev–Trinajstić information content (AvgIpc) is 2.59. The first-order valence-corrected chi connectivity index (χ1v) is 7.34. The second kappa shape index (κ2) is 7.98. The maximum atomic E-state index is 11.0. The number of esters is 1. The van der Waals surface area contributed by atoms with Crippen molar-refractivity contribution in [1.29, 1.82) is 5.41 Å². The molecule has 0 unspecified atom stereocenters. The summed E-state index contributed by atoms with van der Waals surface area (Å²) in [7, 11) is 1.38. The second-order valence-electron chi connectivity index (χ2n) is 5.04. The van der Waals surface area contributed by atoms with E-state index in [2.05, 4.69) is 4.74 Å². The van der Waals surface area contributed by atoms with Crippen LogP contribution in [-0.2, 0) is 9.53 Å². The van der Waals surface area contributed by atoms with Gasteiger partial charge >= 0.3 is 5.97 Å². The molecule has 23 heavy (non-hydrogen) atoms. The Morgan fingerprint density at radius 3 is 2.13 bits per heavy atom. The zero-order valence-corrected chi connectivity index (χ0v) is 13.0. The zero-order chi connectivity index (χ0) is 16.7. The fourth-order valence-electron chi connectivity index (χ4n) is 2.09. The second-order valence-corrected chi connectivity index (χ2v) is 5.04. The summed E-state index contributed by atoms with van der Waals surface area (Å²) in [6, 6.07) is 15.3. The summed E-state index contributed by atoms with van der Waals surface area (Å²) in [6.07, 6.45) is 0.984. The molecule has 5 nitrogen and oxygen atoms in total. The maximum Gasteiger partial charge on any atom is 0.305 e.